The number of anilines is 1. The predicted molar refractivity (Wildman–Crippen MR) is 116 cm³/mol. The Morgan fingerprint density at radius 2 is 1.70 bits per heavy atom. The molecule has 30 heavy (non-hydrogen) atoms. The summed E-state index contributed by atoms with van der Waals surface area (Å²) in [5, 5.41) is 2.19. The summed E-state index contributed by atoms with van der Waals surface area (Å²) >= 11 is 0. The number of nitrogens with zero attached hydrogens (tertiary/aromatic N) is 1. The van der Waals surface area contributed by atoms with Crippen LogP contribution in [0.2, 0.25) is 0 Å². The third-order valence-electron chi connectivity index (χ3n) is 5.71. The lowest BCUT2D eigenvalue weighted by molar-refractivity contribution is 0.00581. The van der Waals surface area contributed by atoms with E-state index in [1.54, 1.807) is 14.2 Å². The number of fused-ring (bicyclic) bond motifs is 6. The van der Waals surface area contributed by atoms with Crippen LogP contribution in [0.25, 0.3) is 21.9 Å². The minimum atomic E-state index is -0.325. The van der Waals surface area contributed by atoms with Gasteiger partial charge in [-0.2, -0.15) is 0 Å². The zero-order chi connectivity index (χ0) is 21.0. The van der Waals surface area contributed by atoms with Gasteiger partial charge in [-0.1, -0.05) is 12.1 Å². The first-order chi connectivity index (χ1) is 14.5. The fourth-order valence-electron chi connectivity index (χ4n) is 4.45. The molecule has 2 aliphatic rings. The molecule has 0 fully saturated rings. The van der Waals surface area contributed by atoms with E-state index in [4.69, 9.17) is 23.7 Å². The van der Waals surface area contributed by atoms with Crippen LogP contribution < -0.4 is 23.8 Å². The smallest absolute Gasteiger partial charge is 0.231 e. The van der Waals surface area contributed by atoms with Crippen molar-refractivity contribution in [2.45, 2.75) is 26.2 Å². The van der Waals surface area contributed by atoms with E-state index in [0.717, 1.165) is 44.6 Å². The fourth-order valence-corrected chi connectivity index (χ4v) is 4.45. The molecule has 0 N–H and O–H groups in total. The lowest BCUT2D eigenvalue weighted by atomic mass is 9.88. The molecule has 2 aliphatic heterocycles. The molecular formula is C24H25NO5. The van der Waals surface area contributed by atoms with Crippen LogP contribution in [0.3, 0.4) is 0 Å². The van der Waals surface area contributed by atoms with Gasteiger partial charge in [0.1, 0.15) is 0 Å². The molecule has 0 spiro atoms. The molecule has 0 bridgehead atoms. The van der Waals surface area contributed by atoms with Crippen LogP contribution in [0, 0.1) is 0 Å². The van der Waals surface area contributed by atoms with Crippen LogP contribution in [-0.4, -0.2) is 34.2 Å². The van der Waals surface area contributed by atoms with Crippen molar-refractivity contribution in [1.82, 2.24) is 0 Å². The summed E-state index contributed by atoms with van der Waals surface area (Å²) in [4.78, 5) is 2.17. The minimum absolute atomic E-state index is 0.0266. The maximum Gasteiger partial charge on any atom is 0.231 e. The van der Waals surface area contributed by atoms with Gasteiger partial charge in [0.15, 0.2) is 29.2 Å². The van der Waals surface area contributed by atoms with Gasteiger partial charge in [-0.25, -0.2) is 0 Å². The van der Waals surface area contributed by atoms with Crippen molar-refractivity contribution in [1.29, 1.82) is 0 Å². The number of rotatable bonds is 4. The Kier molecular flexibility index (Phi) is 4.40. The number of ether oxygens (including phenoxy) is 5. The highest BCUT2D eigenvalue weighted by Crippen LogP contribution is 2.53. The topological polar surface area (TPSA) is 49.4 Å². The van der Waals surface area contributed by atoms with Crippen LogP contribution in [0.4, 0.5) is 5.69 Å². The van der Waals surface area contributed by atoms with E-state index in [-0.39, 0.29) is 19.1 Å². The van der Waals surface area contributed by atoms with Gasteiger partial charge in [0.05, 0.1) is 31.6 Å². The monoisotopic (exact) mass is 407 g/mol. The van der Waals surface area contributed by atoms with Crippen molar-refractivity contribution in [2.24, 2.45) is 0 Å². The number of hydrogen-bond donors (Lipinski definition) is 0. The van der Waals surface area contributed by atoms with E-state index >= 15 is 0 Å². The van der Waals surface area contributed by atoms with Gasteiger partial charge in [0, 0.05) is 18.0 Å². The lowest BCUT2D eigenvalue weighted by Gasteiger charge is -2.39. The first kappa shape index (κ1) is 18.9. The second kappa shape index (κ2) is 6.99. The fraction of sp³-hybridized carbons (Fsp3) is 0.333. The Morgan fingerprint density at radius 1 is 0.967 bits per heavy atom. The van der Waals surface area contributed by atoms with Crippen molar-refractivity contribution in [3.63, 3.8) is 0 Å². The molecular weight excluding hydrogens is 382 g/mol. The molecule has 5 rings (SSSR count). The summed E-state index contributed by atoms with van der Waals surface area (Å²) in [5.41, 5.74) is 4.26. The maximum absolute atomic E-state index is 6.40. The average Bonchev–Trinajstić information content (AvgIpc) is 3.20. The molecule has 0 radical (unpaired) electrons. The molecule has 3 aromatic carbocycles. The van der Waals surface area contributed by atoms with E-state index in [2.05, 4.69) is 36.2 Å². The van der Waals surface area contributed by atoms with Crippen LogP contribution in [0.15, 0.2) is 36.4 Å². The summed E-state index contributed by atoms with van der Waals surface area (Å²) < 4.78 is 29.0. The van der Waals surface area contributed by atoms with E-state index in [1.165, 1.54) is 0 Å². The summed E-state index contributed by atoms with van der Waals surface area (Å²) in [5.74, 6) is 2.94. The van der Waals surface area contributed by atoms with Crippen LogP contribution in [0.1, 0.15) is 25.6 Å². The Labute approximate surface area is 175 Å². The summed E-state index contributed by atoms with van der Waals surface area (Å²) in [6.07, 6.45) is -0.299. The zero-order valence-corrected chi connectivity index (χ0v) is 17.8. The van der Waals surface area contributed by atoms with Crippen molar-refractivity contribution in [2.75, 3.05) is 33.0 Å². The number of methoxy groups -OCH3 is 2. The second-order valence-electron chi connectivity index (χ2n) is 7.80. The van der Waals surface area contributed by atoms with Gasteiger partial charge in [0.25, 0.3) is 0 Å². The summed E-state index contributed by atoms with van der Waals surface area (Å²) in [6.45, 7) is 4.33. The molecule has 1 atom stereocenters. The highest BCUT2D eigenvalue weighted by molar-refractivity contribution is 6.05. The molecule has 6 heteroatoms. The summed E-state index contributed by atoms with van der Waals surface area (Å²) in [7, 11) is 5.37. The van der Waals surface area contributed by atoms with Gasteiger partial charge < -0.3 is 28.6 Å². The van der Waals surface area contributed by atoms with Gasteiger partial charge in [-0.15, -0.1) is 0 Å². The summed E-state index contributed by atoms with van der Waals surface area (Å²) in [6, 6.07) is 12.4. The Bertz CT molecular complexity index is 1140. The molecule has 1 unspecified atom stereocenters. The average molecular weight is 407 g/mol. The third-order valence-corrected chi connectivity index (χ3v) is 5.71. The molecule has 2 heterocycles. The van der Waals surface area contributed by atoms with Crippen molar-refractivity contribution in [3.8, 4) is 34.1 Å². The molecule has 0 saturated carbocycles. The van der Waals surface area contributed by atoms with E-state index in [1.807, 2.05) is 26.0 Å². The maximum atomic E-state index is 6.40. The number of benzene rings is 3. The third kappa shape index (κ3) is 2.67. The van der Waals surface area contributed by atoms with Crippen LogP contribution in [0.5, 0.6) is 23.0 Å². The van der Waals surface area contributed by atoms with E-state index in [0.29, 0.717) is 11.5 Å². The molecule has 0 saturated heterocycles. The normalized spacial score (nSPS) is 16.6. The Morgan fingerprint density at radius 3 is 2.40 bits per heavy atom. The van der Waals surface area contributed by atoms with Crippen molar-refractivity contribution < 1.29 is 23.7 Å². The predicted octanol–water partition coefficient (Wildman–Crippen LogP) is 5.13. The Balaban J connectivity index is 1.82. The molecule has 3 aromatic rings. The standard InChI is InChI=1S/C24H25NO5/c1-13(2)30-24-21-15(8-9-18(26-4)23(21)27-5)16-7-6-14-10-19-20(29-12-28-19)11-17(14)22(16)25(24)3/h6-11,13,24H,12H2,1-5H3. The largest absolute Gasteiger partial charge is 0.493 e. The van der Waals surface area contributed by atoms with E-state index in [9.17, 15) is 0 Å². The second-order valence-corrected chi connectivity index (χ2v) is 7.80. The first-order valence-electron chi connectivity index (χ1n) is 10.0. The van der Waals surface area contributed by atoms with Crippen molar-refractivity contribution >= 4 is 16.5 Å². The first-order valence-corrected chi connectivity index (χ1v) is 10.0. The number of hydrogen-bond acceptors (Lipinski definition) is 6. The lowest BCUT2D eigenvalue weighted by Crippen LogP contribution is -2.32. The highest BCUT2D eigenvalue weighted by atomic mass is 16.7. The van der Waals surface area contributed by atoms with Gasteiger partial charge >= 0.3 is 0 Å². The molecule has 0 amide bonds. The quantitative estimate of drug-likeness (QED) is 0.598. The Hall–Kier alpha value is -3.12. The minimum Gasteiger partial charge on any atom is -0.493 e. The SMILES string of the molecule is COc1ccc2c(c1OC)C(OC(C)C)N(C)c1c-2ccc2cc3c(cc12)OCO3. The molecule has 6 nitrogen and oxygen atoms in total. The van der Waals surface area contributed by atoms with Crippen LogP contribution >= 0.6 is 0 Å². The van der Waals surface area contributed by atoms with Gasteiger partial charge in [-0.3, -0.25) is 0 Å². The molecule has 156 valence electrons. The highest BCUT2D eigenvalue weighted by Gasteiger charge is 2.36. The van der Waals surface area contributed by atoms with E-state index < -0.39 is 0 Å². The zero-order valence-electron chi connectivity index (χ0n) is 17.8. The van der Waals surface area contributed by atoms with Gasteiger partial charge in [0.2, 0.25) is 6.79 Å². The van der Waals surface area contributed by atoms with Crippen LogP contribution in [-0.2, 0) is 4.74 Å². The molecule has 0 aliphatic carbocycles. The van der Waals surface area contributed by atoms with Gasteiger partial charge in [-0.05, 0) is 49.1 Å². The van der Waals surface area contributed by atoms with Crippen molar-refractivity contribution in [3.05, 3.63) is 42.0 Å². The molecule has 0 aromatic heterocycles.